The lowest BCUT2D eigenvalue weighted by molar-refractivity contribution is 0.1000. The number of sulfone groups is 1. The Morgan fingerprint density at radius 2 is 1.88 bits per heavy atom. The third-order valence-electron chi connectivity index (χ3n) is 6.96. The van der Waals surface area contributed by atoms with Crippen molar-refractivity contribution < 1.29 is 27.4 Å². The molecule has 1 atom stereocenters. The standard InChI is InChI=1S/C30H31FN4O6S/c1-4-5-9-25-34-29(37)26(30(38)35(25)24(17-41-3)20-7-6-8-21(16-20)28(32)36)42(39,40)22-12-10-19(11-13-22)23-14-15-33-27(31)18(23)2/h6-8,10-16,24,37H,4-5,9,17H2,1-3H3,(H2,32,36). The van der Waals surface area contributed by atoms with E-state index in [1.54, 1.807) is 25.1 Å². The molecule has 2 aromatic carbocycles. The summed E-state index contributed by atoms with van der Waals surface area (Å²) in [5, 5.41) is 10.8. The van der Waals surface area contributed by atoms with E-state index in [0.717, 1.165) is 6.42 Å². The summed E-state index contributed by atoms with van der Waals surface area (Å²) < 4.78 is 48.2. The van der Waals surface area contributed by atoms with Gasteiger partial charge in [0.2, 0.25) is 27.6 Å². The van der Waals surface area contributed by atoms with Crippen LogP contribution in [0.4, 0.5) is 4.39 Å². The van der Waals surface area contributed by atoms with Gasteiger partial charge in [-0.3, -0.25) is 14.2 Å². The molecule has 1 unspecified atom stereocenters. The summed E-state index contributed by atoms with van der Waals surface area (Å²) >= 11 is 0. The molecule has 0 spiro atoms. The molecule has 220 valence electrons. The number of primary amides is 1. The molecule has 0 radical (unpaired) electrons. The molecule has 2 heterocycles. The van der Waals surface area contributed by atoms with Gasteiger partial charge in [-0.05, 0) is 60.4 Å². The van der Waals surface area contributed by atoms with E-state index >= 15 is 0 Å². The van der Waals surface area contributed by atoms with E-state index in [2.05, 4.69) is 9.97 Å². The number of nitrogens with zero attached hydrogens (tertiary/aromatic N) is 3. The Kier molecular flexibility index (Phi) is 9.17. The van der Waals surface area contributed by atoms with Crippen molar-refractivity contribution in [2.75, 3.05) is 13.7 Å². The number of halogens is 1. The molecule has 3 N–H and O–H groups in total. The van der Waals surface area contributed by atoms with Crippen LogP contribution in [0.2, 0.25) is 0 Å². The molecule has 1 amide bonds. The van der Waals surface area contributed by atoms with Crippen LogP contribution in [-0.2, 0) is 21.0 Å². The third-order valence-corrected chi connectivity index (χ3v) is 8.75. The van der Waals surface area contributed by atoms with Crippen LogP contribution in [0.1, 0.15) is 53.1 Å². The summed E-state index contributed by atoms with van der Waals surface area (Å²) in [6, 6.07) is 12.5. The molecule has 0 saturated heterocycles. The minimum absolute atomic E-state index is 0.0657. The number of amides is 1. The fourth-order valence-corrected chi connectivity index (χ4v) is 6.09. The number of rotatable bonds is 11. The highest BCUT2D eigenvalue weighted by atomic mass is 32.2. The van der Waals surface area contributed by atoms with Gasteiger partial charge in [-0.15, -0.1) is 0 Å². The SMILES string of the molecule is CCCCc1nc(O)c(S(=O)(=O)c2ccc(-c3ccnc(F)c3C)cc2)c(=O)n1C(COC)c1cccc(C(N)=O)c1. The first-order valence-corrected chi connectivity index (χ1v) is 14.7. The number of methoxy groups -OCH3 is 1. The van der Waals surface area contributed by atoms with Gasteiger partial charge in [0, 0.05) is 30.9 Å². The Bertz CT molecular complexity index is 1790. The Balaban J connectivity index is 1.89. The van der Waals surface area contributed by atoms with Gasteiger partial charge in [0.15, 0.2) is 4.90 Å². The zero-order valence-electron chi connectivity index (χ0n) is 23.4. The van der Waals surface area contributed by atoms with Gasteiger partial charge in [0.1, 0.15) is 5.82 Å². The van der Waals surface area contributed by atoms with Crippen molar-refractivity contribution in [1.82, 2.24) is 14.5 Å². The first kappa shape index (κ1) is 30.5. The first-order valence-electron chi connectivity index (χ1n) is 13.2. The number of pyridine rings is 1. The summed E-state index contributed by atoms with van der Waals surface area (Å²) in [7, 11) is -3.16. The fraction of sp³-hybridized carbons (Fsp3) is 0.267. The lowest BCUT2D eigenvalue weighted by Gasteiger charge is -2.24. The van der Waals surface area contributed by atoms with Gasteiger partial charge in [-0.2, -0.15) is 9.37 Å². The number of unbranched alkanes of at least 4 members (excludes halogenated alkanes) is 1. The summed E-state index contributed by atoms with van der Waals surface area (Å²) in [5.41, 5.74) is 6.50. The molecule has 4 aromatic rings. The second-order valence-corrected chi connectivity index (χ2v) is 11.6. The van der Waals surface area contributed by atoms with Crippen molar-refractivity contribution in [3.05, 3.63) is 99.6 Å². The van der Waals surface area contributed by atoms with E-state index in [9.17, 15) is 27.5 Å². The molecule has 0 bridgehead atoms. The molecule has 0 saturated carbocycles. The summed E-state index contributed by atoms with van der Waals surface area (Å²) in [5.74, 6) is -2.07. The van der Waals surface area contributed by atoms with Gasteiger partial charge in [0.25, 0.3) is 5.56 Å². The maximum atomic E-state index is 14.1. The highest BCUT2D eigenvalue weighted by Gasteiger charge is 2.32. The zero-order chi connectivity index (χ0) is 30.6. The van der Waals surface area contributed by atoms with E-state index in [1.165, 1.54) is 54.3 Å². The second-order valence-electron chi connectivity index (χ2n) is 9.72. The second kappa shape index (κ2) is 12.6. The van der Waals surface area contributed by atoms with Crippen LogP contribution >= 0.6 is 0 Å². The molecule has 42 heavy (non-hydrogen) atoms. The number of nitrogens with two attached hydrogens (primary N) is 1. The summed E-state index contributed by atoms with van der Waals surface area (Å²) in [4.78, 5) is 32.6. The molecule has 10 nitrogen and oxygen atoms in total. The van der Waals surface area contributed by atoms with Crippen LogP contribution in [0, 0.1) is 12.9 Å². The van der Waals surface area contributed by atoms with Crippen molar-refractivity contribution in [1.29, 1.82) is 0 Å². The van der Waals surface area contributed by atoms with Gasteiger partial charge in [-0.25, -0.2) is 13.4 Å². The molecule has 2 aromatic heterocycles. The zero-order valence-corrected chi connectivity index (χ0v) is 24.2. The molecule has 12 heteroatoms. The Hall–Kier alpha value is -4.42. The van der Waals surface area contributed by atoms with Crippen molar-refractivity contribution in [3.63, 3.8) is 0 Å². The largest absolute Gasteiger partial charge is 0.492 e. The van der Waals surface area contributed by atoms with Crippen LogP contribution in [0.3, 0.4) is 0 Å². The molecular weight excluding hydrogens is 563 g/mol. The van der Waals surface area contributed by atoms with Crippen molar-refractivity contribution >= 4 is 15.7 Å². The average Bonchev–Trinajstić information content (AvgIpc) is 2.96. The topological polar surface area (TPSA) is 154 Å². The van der Waals surface area contributed by atoms with Crippen LogP contribution in [0.5, 0.6) is 5.88 Å². The molecular formula is C30H31FN4O6S. The number of benzene rings is 2. The van der Waals surface area contributed by atoms with Crippen LogP contribution < -0.4 is 11.3 Å². The minimum Gasteiger partial charge on any atom is -0.492 e. The van der Waals surface area contributed by atoms with Crippen LogP contribution in [0.15, 0.2) is 75.4 Å². The fourth-order valence-electron chi connectivity index (χ4n) is 4.75. The Morgan fingerprint density at radius 1 is 1.17 bits per heavy atom. The average molecular weight is 595 g/mol. The number of hydrogen-bond acceptors (Lipinski definition) is 8. The van der Waals surface area contributed by atoms with Crippen molar-refractivity contribution in [2.24, 2.45) is 5.73 Å². The number of hydrogen-bond donors (Lipinski definition) is 2. The third kappa shape index (κ3) is 5.95. The highest BCUT2D eigenvalue weighted by Crippen LogP contribution is 2.30. The number of aryl methyl sites for hydroxylation is 1. The predicted molar refractivity (Wildman–Crippen MR) is 154 cm³/mol. The predicted octanol–water partition coefficient (Wildman–Crippen LogP) is 3.97. The van der Waals surface area contributed by atoms with E-state index in [-0.39, 0.29) is 29.3 Å². The highest BCUT2D eigenvalue weighted by molar-refractivity contribution is 7.91. The van der Waals surface area contributed by atoms with Crippen LogP contribution in [-0.4, -0.2) is 47.7 Å². The first-order chi connectivity index (χ1) is 20.0. The van der Waals surface area contributed by atoms with E-state index in [4.69, 9.17) is 10.5 Å². The van der Waals surface area contributed by atoms with Crippen molar-refractivity contribution in [3.8, 4) is 17.0 Å². The van der Waals surface area contributed by atoms with Crippen molar-refractivity contribution in [2.45, 2.75) is 48.9 Å². The molecule has 0 aliphatic carbocycles. The normalized spacial score (nSPS) is 12.3. The number of carbonyl (C=O) groups is 1. The van der Waals surface area contributed by atoms with Crippen LogP contribution in [0.25, 0.3) is 11.1 Å². The number of ether oxygens (including phenoxy) is 1. The lowest BCUT2D eigenvalue weighted by Crippen LogP contribution is -2.35. The summed E-state index contributed by atoms with van der Waals surface area (Å²) in [6.45, 7) is 3.43. The quantitative estimate of drug-likeness (QED) is 0.247. The number of carbonyl (C=O) groups excluding carboxylic acids is 1. The van der Waals surface area contributed by atoms with Gasteiger partial charge >= 0.3 is 0 Å². The van der Waals surface area contributed by atoms with Gasteiger partial charge in [-0.1, -0.05) is 37.6 Å². The van der Waals surface area contributed by atoms with E-state index in [1.807, 2.05) is 6.92 Å². The molecule has 0 aliphatic heterocycles. The number of aromatic hydroxyl groups is 1. The monoisotopic (exact) mass is 594 g/mol. The Morgan fingerprint density at radius 3 is 2.52 bits per heavy atom. The van der Waals surface area contributed by atoms with E-state index < -0.39 is 44.1 Å². The maximum Gasteiger partial charge on any atom is 0.277 e. The minimum atomic E-state index is -4.58. The molecule has 0 fully saturated rings. The molecule has 4 rings (SSSR count). The Labute approximate surface area is 242 Å². The van der Waals surface area contributed by atoms with Gasteiger partial charge < -0.3 is 15.6 Å². The number of aromatic nitrogens is 3. The maximum absolute atomic E-state index is 14.1. The van der Waals surface area contributed by atoms with Gasteiger partial charge in [0.05, 0.1) is 17.5 Å². The smallest absolute Gasteiger partial charge is 0.277 e. The summed E-state index contributed by atoms with van der Waals surface area (Å²) in [6.07, 6.45) is 2.93. The lowest BCUT2D eigenvalue weighted by atomic mass is 10.0. The van der Waals surface area contributed by atoms with E-state index in [0.29, 0.717) is 28.7 Å². The molecule has 0 aliphatic rings.